The van der Waals surface area contributed by atoms with E-state index < -0.39 is 0 Å². The Hall–Kier alpha value is -1.09. The lowest BCUT2D eigenvalue weighted by Gasteiger charge is -2.27. The lowest BCUT2D eigenvalue weighted by atomic mass is 9.89. The summed E-state index contributed by atoms with van der Waals surface area (Å²) in [5, 5.41) is 3.13. The highest BCUT2D eigenvalue weighted by Gasteiger charge is 2.23. The fraction of sp³-hybridized carbons (Fsp3) is 0.500. The number of carbonyl (C=O) groups is 1. The van der Waals surface area contributed by atoms with Crippen molar-refractivity contribution >= 4 is 5.91 Å². The number of nitrogens with one attached hydrogen (secondary N) is 1. The third-order valence-electron chi connectivity index (χ3n) is 2.72. The molecule has 2 aliphatic rings. The van der Waals surface area contributed by atoms with E-state index in [0.29, 0.717) is 0 Å². The number of allylic oxidation sites excluding steroid dienone is 1. The van der Waals surface area contributed by atoms with Gasteiger partial charge in [0, 0.05) is 6.54 Å². The predicted octanol–water partition coefficient (Wildman–Crippen LogP) is 0.480. The van der Waals surface area contributed by atoms with Crippen LogP contribution in [0, 0.1) is 0 Å². The number of hydrogen-bond donors (Lipinski definition) is 2. The van der Waals surface area contributed by atoms with E-state index in [0.717, 1.165) is 25.8 Å². The third kappa shape index (κ3) is 1.65. The summed E-state index contributed by atoms with van der Waals surface area (Å²) in [7, 11) is 0. The van der Waals surface area contributed by atoms with Crippen molar-refractivity contribution in [2.75, 3.05) is 6.54 Å². The van der Waals surface area contributed by atoms with Gasteiger partial charge in [-0.1, -0.05) is 17.7 Å². The van der Waals surface area contributed by atoms with Crippen molar-refractivity contribution in [2.24, 2.45) is 5.73 Å². The Morgan fingerprint density at radius 2 is 2.46 bits per heavy atom. The highest BCUT2D eigenvalue weighted by molar-refractivity contribution is 5.80. The minimum atomic E-state index is -0.235. The SMILES string of the molecule is NC(=O)C1CC2=C(C=CCC2)CN1. The van der Waals surface area contributed by atoms with Gasteiger partial charge in [-0.05, 0) is 24.8 Å². The number of hydrogen-bond acceptors (Lipinski definition) is 2. The number of amides is 1. The molecule has 70 valence electrons. The van der Waals surface area contributed by atoms with Gasteiger partial charge in [-0.2, -0.15) is 0 Å². The van der Waals surface area contributed by atoms with Gasteiger partial charge in [0.25, 0.3) is 0 Å². The summed E-state index contributed by atoms with van der Waals surface area (Å²) in [6.07, 6.45) is 7.34. The Kier molecular flexibility index (Phi) is 2.19. The molecule has 3 N–H and O–H groups in total. The second kappa shape index (κ2) is 3.34. The van der Waals surface area contributed by atoms with Crippen LogP contribution in [0.4, 0.5) is 0 Å². The number of primary amides is 1. The van der Waals surface area contributed by atoms with Gasteiger partial charge in [-0.25, -0.2) is 0 Å². The van der Waals surface area contributed by atoms with Crippen molar-refractivity contribution in [3.05, 3.63) is 23.3 Å². The Morgan fingerprint density at radius 3 is 3.23 bits per heavy atom. The van der Waals surface area contributed by atoms with Crippen LogP contribution in [0.1, 0.15) is 19.3 Å². The van der Waals surface area contributed by atoms with Crippen LogP contribution in [0.2, 0.25) is 0 Å². The van der Waals surface area contributed by atoms with Gasteiger partial charge < -0.3 is 11.1 Å². The predicted molar refractivity (Wildman–Crippen MR) is 51.0 cm³/mol. The third-order valence-corrected chi connectivity index (χ3v) is 2.72. The van der Waals surface area contributed by atoms with E-state index in [1.165, 1.54) is 11.1 Å². The van der Waals surface area contributed by atoms with Crippen molar-refractivity contribution in [2.45, 2.75) is 25.3 Å². The quantitative estimate of drug-likeness (QED) is 0.613. The van der Waals surface area contributed by atoms with E-state index in [1.807, 2.05) is 0 Å². The molecule has 1 unspecified atom stereocenters. The Bertz CT molecular complexity index is 291. The molecule has 1 atom stereocenters. The summed E-state index contributed by atoms with van der Waals surface area (Å²) in [5.41, 5.74) is 8.01. The summed E-state index contributed by atoms with van der Waals surface area (Å²) >= 11 is 0. The van der Waals surface area contributed by atoms with E-state index in [2.05, 4.69) is 17.5 Å². The molecule has 3 nitrogen and oxygen atoms in total. The number of rotatable bonds is 1. The first kappa shape index (κ1) is 8.51. The van der Waals surface area contributed by atoms with Crippen LogP contribution in [-0.2, 0) is 4.79 Å². The monoisotopic (exact) mass is 178 g/mol. The smallest absolute Gasteiger partial charge is 0.234 e. The average Bonchev–Trinajstić information content (AvgIpc) is 2.17. The lowest BCUT2D eigenvalue weighted by Crippen LogP contribution is -2.45. The highest BCUT2D eigenvalue weighted by Crippen LogP contribution is 2.25. The molecule has 0 radical (unpaired) electrons. The van der Waals surface area contributed by atoms with Crippen LogP contribution in [0.3, 0.4) is 0 Å². The van der Waals surface area contributed by atoms with Gasteiger partial charge >= 0.3 is 0 Å². The highest BCUT2D eigenvalue weighted by atomic mass is 16.1. The van der Waals surface area contributed by atoms with Crippen LogP contribution in [0.5, 0.6) is 0 Å². The maximum absolute atomic E-state index is 10.9. The first-order chi connectivity index (χ1) is 6.27. The van der Waals surface area contributed by atoms with Gasteiger partial charge in [0.15, 0.2) is 0 Å². The first-order valence-electron chi connectivity index (χ1n) is 4.67. The summed E-state index contributed by atoms with van der Waals surface area (Å²) < 4.78 is 0. The zero-order valence-corrected chi connectivity index (χ0v) is 7.55. The van der Waals surface area contributed by atoms with Crippen molar-refractivity contribution in [3.8, 4) is 0 Å². The summed E-state index contributed by atoms with van der Waals surface area (Å²) in [6.45, 7) is 0.791. The maximum Gasteiger partial charge on any atom is 0.234 e. The molecule has 0 aromatic heterocycles. The largest absolute Gasteiger partial charge is 0.368 e. The molecule has 0 aromatic carbocycles. The molecule has 0 bridgehead atoms. The molecule has 1 aliphatic heterocycles. The molecule has 0 aromatic rings. The molecule has 0 spiro atoms. The Labute approximate surface area is 77.7 Å². The van der Waals surface area contributed by atoms with E-state index in [4.69, 9.17) is 5.73 Å². The van der Waals surface area contributed by atoms with Crippen LogP contribution in [-0.4, -0.2) is 18.5 Å². The van der Waals surface area contributed by atoms with Crippen LogP contribution < -0.4 is 11.1 Å². The van der Waals surface area contributed by atoms with Crippen LogP contribution in [0.15, 0.2) is 23.3 Å². The van der Waals surface area contributed by atoms with Crippen molar-refractivity contribution in [1.82, 2.24) is 5.32 Å². The average molecular weight is 178 g/mol. The molecule has 1 heterocycles. The standard InChI is InChI=1S/C10H14N2O/c11-10(13)9-5-7-3-1-2-4-8(7)6-12-9/h2,4,9,12H,1,3,5-6H2,(H2,11,13). The zero-order chi connectivity index (χ0) is 9.26. The van der Waals surface area contributed by atoms with Crippen molar-refractivity contribution < 1.29 is 4.79 Å². The van der Waals surface area contributed by atoms with E-state index in [-0.39, 0.29) is 11.9 Å². The number of carbonyl (C=O) groups excluding carboxylic acids is 1. The minimum absolute atomic E-state index is 0.148. The minimum Gasteiger partial charge on any atom is -0.368 e. The first-order valence-corrected chi connectivity index (χ1v) is 4.67. The summed E-state index contributed by atoms with van der Waals surface area (Å²) in [5.74, 6) is -0.235. The molecule has 1 aliphatic carbocycles. The molecule has 1 amide bonds. The van der Waals surface area contributed by atoms with Gasteiger partial charge in [0.05, 0.1) is 6.04 Å². The zero-order valence-electron chi connectivity index (χ0n) is 7.55. The second-order valence-electron chi connectivity index (χ2n) is 3.61. The molecule has 0 fully saturated rings. The molecule has 2 rings (SSSR count). The normalized spacial score (nSPS) is 27.2. The fourth-order valence-electron chi connectivity index (χ4n) is 1.93. The Balaban J connectivity index is 2.14. The van der Waals surface area contributed by atoms with Gasteiger partial charge in [0.2, 0.25) is 5.91 Å². The van der Waals surface area contributed by atoms with Crippen molar-refractivity contribution in [3.63, 3.8) is 0 Å². The second-order valence-corrected chi connectivity index (χ2v) is 3.61. The van der Waals surface area contributed by atoms with Gasteiger partial charge in [-0.15, -0.1) is 0 Å². The van der Waals surface area contributed by atoms with Crippen molar-refractivity contribution in [1.29, 1.82) is 0 Å². The van der Waals surface area contributed by atoms with E-state index in [1.54, 1.807) is 0 Å². The summed E-state index contributed by atoms with van der Waals surface area (Å²) in [6, 6.07) is -0.148. The summed E-state index contributed by atoms with van der Waals surface area (Å²) in [4.78, 5) is 10.9. The Morgan fingerprint density at radius 1 is 1.62 bits per heavy atom. The lowest BCUT2D eigenvalue weighted by molar-refractivity contribution is -0.120. The van der Waals surface area contributed by atoms with E-state index in [9.17, 15) is 4.79 Å². The molecular formula is C10H14N2O. The van der Waals surface area contributed by atoms with E-state index >= 15 is 0 Å². The number of nitrogens with two attached hydrogens (primary N) is 1. The molecule has 0 saturated carbocycles. The van der Waals surface area contributed by atoms with Crippen LogP contribution in [0.25, 0.3) is 0 Å². The molecule has 13 heavy (non-hydrogen) atoms. The molecule has 0 saturated heterocycles. The topological polar surface area (TPSA) is 55.1 Å². The van der Waals surface area contributed by atoms with Gasteiger partial charge in [0.1, 0.15) is 0 Å². The fourth-order valence-corrected chi connectivity index (χ4v) is 1.93. The maximum atomic E-state index is 10.9. The van der Waals surface area contributed by atoms with Gasteiger partial charge in [-0.3, -0.25) is 4.79 Å². The molecular weight excluding hydrogens is 164 g/mol. The molecule has 3 heteroatoms. The van der Waals surface area contributed by atoms with Crippen LogP contribution >= 0.6 is 0 Å².